The lowest BCUT2D eigenvalue weighted by Crippen LogP contribution is -2.45. The molecule has 2 aromatic carbocycles. The zero-order chi connectivity index (χ0) is 19.1. The lowest BCUT2D eigenvalue weighted by molar-refractivity contribution is -0.142. The highest BCUT2D eigenvalue weighted by molar-refractivity contribution is 5.87. The summed E-state index contributed by atoms with van der Waals surface area (Å²) in [6.45, 7) is 0. The van der Waals surface area contributed by atoms with Crippen molar-refractivity contribution in [3.05, 3.63) is 71.3 Å². The number of halogens is 2. The zero-order valence-electron chi connectivity index (χ0n) is 14.0. The molecule has 4 N–H and O–H groups in total. The summed E-state index contributed by atoms with van der Waals surface area (Å²) in [6.07, 6.45) is 1.26. The van der Waals surface area contributed by atoms with Gasteiger partial charge in [0.25, 0.3) is 0 Å². The van der Waals surface area contributed by atoms with E-state index in [0.29, 0.717) is 18.4 Å². The van der Waals surface area contributed by atoms with Crippen LogP contribution >= 0.6 is 0 Å². The van der Waals surface area contributed by atoms with Gasteiger partial charge in [-0.25, -0.2) is 13.6 Å². The molecule has 0 fully saturated rings. The summed E-state index contributed by atoms with van der Waals surface area (Å²) in [5.41, 5.74) is 7.08. The van der Waals surface area contributed by atoms with Crippen LogP contribution in [0.3, 0.4) is 0 Å². The van der Waals surface area contributed by atoms with E-state index in [1.54, 1.807) is 12.1 Å². The van der Waals surface area contributed by atoms with Crippen LogP contribution in [0, 0.1) is 11.6 Å². The van der Waals surface area contributed by atoms with E-state index in [-0.39, 0.29) is 12.2 Å². The second-order valence-corrected chi connectivity index (χ2v) is 5.95. The molecule has 1 amide bonds. The summed E-state index contributed by atoms with van der Waals surface area (Å²) in [6, 6.07) is 8.89. The molecule has 2 atom stereocenters. The number of nitrogens with two attached hydrogens (primary N) is 1. The summed E-state index contributed by atoms with van der Waals surface area (Å²) in [5.74, 6) is -2.60. The van der Waals surface area contributed by atoms with Gasteiger partial charge >= 0.3 is 5.97 Å². The minimum absolute atomic E-state index is 0.203. The number of benzene rings is 2. The first-order valence-corrected chi connectivity index (χ1v) is 8.15. The average Bonchev–Trinajstić information content (AvgIpc) is 2.62. The molecule has 138 valence electrons. The molecule has 0 aliphatic carbocycles. The van der Waals surface area contributed by atoms with E-state index < -0.39 is 29.8 Å². The Hall–Kier alpha value is -2.80. The van der Waals surface area contributed by atoms with Crippen molar-refractivity contribution in [2.45, 2.75) is 31.3 Å². The van der Waals surface area contributed by atoms with Crippen molar-refractivity contribution in [3.8, 4) is 0 Å². The molecule has 1 unspecified atom stereocenters. The first-order valence-electron chi connectivity index (χ1n) is 8.15. The van der Waals surface area contributed by atoms with Gasteiger partial charge in [0.2, 0.25) is 5.91 Å². The SMILES string of the molecule is N[C@H](C(=O)NC(CCCc1ccc(F)cc1)C(=O)O)c1ccc(F)cc1. The number of carbonyl (C=O) groups is 2. The highest BCUT2D eigenvalue weighted by atomic mass is 19.1. The average molecular weight is 362 g/mol. The second kappa shape index (κ2) is 9.05. The van der Waals surface area contributed by atoms with Crippen molar-refractivity contribution in [1.82, 2.24) is 5.32 Å². The minimum Gasteiger partial charge on any atom is -0.480 e. The maximum absolute atomic E-state index is 12.9. The van der Waals surface area contributed by atoms with Crippen LogP contribution in [0.4, 0.5) is 8.78 Å². The molecule has 0 saturated carbocycles. The summed E-state index contributed by atoms with van der Waals surface area (Å²) in [4.78, 5) is 23.6. The predicted molar refractivity (Wildman–Crippen MR) is 92.2 cm³/mol. The second-order valence-electron chi connectivity index (χ2n) is 5.95. The van der Waals surface area contributed by atoms with Crippen LogP contribution in [0.1, 0.15) is 30.0 Å². The van der Waals surface area contributed by atoms with Crippen molar-refractivity contribution in [1.29, 1.82) is 0 Å². The lowest BCUT2D eigenvalue weighted by atomic mass is 10.0. The van der Waals surface area contributed by atoms with Gasteiger partial charge in [0.15, 0.2) is 0 Å². The molecule has 2 aromatic rings. The van der Waals surface area contributed by atoms with E-state index in [1.165, 1.54) is 36.4 Å². The Labute approximate surface area is 149 Å². The highest BCUT2D eigenvalue weighted by Gasteiger charge is 2.23. The molecule has 0 radical (unpaired) electrons. The Kier molecular flexibility index (Phi) is 6.80. The Morgan fingerprint density at radius 1 is 1.00 bits per heavy atom. The maximum Gasteiger partial charge on any atom is 0.326 e. The van der Waals surface area contributed by atoms with Gasteiger partial charge < -0.3 is 16.2 Å². The van der Waals surface area contributed by atoms with Gasteiger partial charge in [0, 0.05) is 0 Å². The summed E-state index contributed by atoms with van der Waals surface area (Å²) in [5, 5.41) is 11.7. The Balaban J connectivity index is 1.90. The Morgan fingerprint density at radius 3 is 2.08 bits per heavy atom. The number of nitrogens with one attached hydrogen (secondary N) is 1. The largest absolute Gasteiger partial charge is 0.480 e. The van der Waals surface area contributed by atoms with Crippen molar-refractivity contribution >= 4 is 11.9 Å². The predicted octanol–water partition coefficient (Wildman–Crippen LogP) is 2.56. The molecule has 0 aliphatic heterocycles. The highest BCUT2D eigenvalue weighted by Crippen LogP contribution is 2.13. The van der Waals surface area contributed by atoms with Crippen LogP contribution in [-0.2, 0) is 16.0 Å². The minimum atomic E-state index is -1.16. The van der Waals surface area contributed by atoms with Crippen molar-refractivity contribution in [2.75, 3.05) is 0 Å². The molecular formula is C19H20F2N2O3. The molecule has 0 bridgehead atoms. The number of carboxylic acids is 1. The molecule has 5 nitrogen and oxygen atoms in total. The van der Waals surface area contributed by atoms with Crippen LogP contribution in [0.15, 0.2) is 48.5 Å². The fraction of sp³-hybridized carbons (Fsp3) is 0.263. The molecule has 0 saturated heterocycles. The Morgan fingerprint density at radius 2 is 1.54 bits per heavy atom. The van der Waals surface area contributed by atoms with E-state index in [4.69, 9.17) is 5.73 Å². The van der Waals surface area contributed by atoms with E-state index >= 15 is 0 Å². The van der Waals surface area contributed by atoms with Crippen LogP contribution in [0.5, 0.6) is 0 Å². The third-order valence-electron chi connectivity index (χ3n) is 4.00. The molecule has 2 rings (SSSR count). The maximum atomic E-state index is 12.9. The van der Waals surface area contributed by atoms with Gasteiger partial charge in [0.1, 0.15) is 23.7 Å². The summed E-state index contributed by atoms with van der Waals surface area (Å²) >= 11 is 0. The third-order valence-corrected chi connectivity index (χ3v) is 4.00. The molecule has 0 heterocycles. The number of hydrogen-bond acceptors (Lipinski definition) is 3. The molecule has 0 spiro atoms. The number of rotatable bonds is 8. The quantitative estimate of drug-likeness (QED) is 0.673. The molecule has 7 heteroatoms. The zero-order valence-corrected chi connectivity index (χ0v) is 14.0. The smallest absolute Gasteiger partial charge is 0.326 e. The number of carbonyl (C=O) groups excluding carboxylic acids is 1. The number of aryl methyl sites for hydroxylation is 1. The number of amides is 1. The van der Waals surface area contributed by atoms with Crippen molar-refractivity contribution in [3.63, 3.8) is 0 Å². The van der Waals surface area contributed by atoms with E-state index in [1.807, 2.05) is 0 Å². The van der Waals surface area contributed by atoms with Gasteiger partial charge in [-0.05, 0) is 54.7 Å². The first kappa shape index (κ1) is 19.5. The molecule has 0 aliphatic rings. The molecule has 26 heavy (non-hydrogen) atoms. The first-order chi connectivity index (χ1) is 12.4. The van der Waals surface area contributed by atoms with Crippen LogP contribution in [0.2, 0.25) is 0 Å². The number of hydrogen-bond donors (Lipinski definition) is 3. The van der Waals surface area contributed by atoms with Gasteiger partial charge in [-0.3, -0.25) is 4.79 Å². The number of aliphatic carboxylic acids is 1. The van der Waals surface area contributed by atoms with E-state index in [0.717, 1.165) is 5.56 Å². The van der Waals surface area contributed by atoms with Gasteiger partial charge in [-0.15, -0.1) is 0 Å². The van der Waals surface area contributed by atoms with Crippen molar-refractivity contribution < 1.29 is 23.5 Å². The van der Waals surface area contributed by atoms with Gasteiger partial charge in [0.05, 0.1) is 0 Å². The normalized spacial score (nSPS) is 13.0. The third kappa shape index (κ3) is 5.63. The fourth-order valence-electron chi connectivity index (χ4n) is 2.50. The van der Waals surface area contributed by atoms with E-state index in [2.05, 4.69) is 5.32 Å². The molecular weight excluding hydrogens is 342 g/mol. The van der Waals surface area contributed by atoms with Crippen LogP contribution in [-0.4, -0.2) is 23.0 Å². The molecule has 0 aromatic heterocycles. The summed E-state index contributed by atoms with van der Waals surface area (Å²) in [7, 11) is 0. The standard InChI is InChI=1S/C19H20F2N2O3/c20-14-8-4-12(5-9-14)2-1-3-16(19(25)26)23-18(24)17(22)13-6-10-15(21)11-7-13/h4-11,16-17H,1-3,22H2,(H,23,24)(H,25,26)/t16?,17-/m0/s1. The fourth-order valence-corrected chi connectivity index (χ4v) is 2.50. The lowest BCUT2D eigenvalue weighted by Gasteiger charge is -2.18. The van der Waals surface area contributed by atoms with Gasteiger partial charge in [-0.2, -0.15) is 0 Å². The van der Waals surface area contributed by atoms with Crippen LogP contribution < -0.4 is 11.1 Å². The van der Waals surface area contributed by atoms with Crippen LogP contribution in [0.25, 0.3) is 0 Å². The topological polar surface area (TPSA) is 92.4 Å². The van der Waals surface area contributed by atoms with Crippen molar-refractivity contribution in [2.24, 2.45) is 5.73 Å². The number of carboxylic acid groups (broad SMARTS) is 1. The Bertz CT molecular complexity index is 748. The van der Waals surface area contributed by atoms with Gasteiger partial charge in [-0.1, -0.05) is 24.3 Å². The van der Waals surface area contributed by atoms with E-state index in [9.17, 15) is 23.5 Å². The summed E-state index contributed by atoms with van der Waals surface area (Å²) < 4.78 is 25.8. The monoisotopic (exact) mass is 362 g/mol.